The summed E-state index contributed by atoms with van der Waals surface area (Å²) < 4.78 is 5.52. The number of aliphatic hydroxyl groups is 1. The lowest BCUT2D eigenvalue weighted by molar-refractivity contribution is -0.449. The highest BCUT2D eigenvalue weighted by Crippen LogP contribution is 2.22. The number of aliphatic hydroxyl groups excluding tert-OH is 1. The molecule has 2 rings (SSSR count). The molecule has 0 saturated carbocycles. The number of hydrogen-bond acceptors (Lipinski definition) is 7. The molecule has 1 aromatic rings. The summed E-state index contributed by atoms with van der Waals surface area (Å²) in [6.07, 6.45) is 1.06. The first kappa shape index (κ1) is 37.9. The molecule has 0 bridgehead atoms. The second kappa shape index (κ2) is 18.0. The Kier molecular flexibility index (Phi) is 15.1. The van der Waals surface area contributed by atoms with Crippen LogP contribution in [0, 0.1) is 23.7 Å². The maximum Gasteiger partial charge on any atom is 0.329 e. The van der Waals surface area contributed by atoms with E-state index in [1.807, 2.05) is 58.0 Å². The highest BCUT2D eigenvalue weighted by atomic mass is 16.5. The summed E-state index contributed by atoms with van der Waals surface area (Å²) in [5.41, 5.74) is 4.83. The molecule has 0 aliphatic carbocycles. The van der Waals surface area contributed by atoms with Gasteiger partial charge >= 0.3 is 5.97 Å². The van der Waals surface area contributed by atoms with Crippen LogP contribution in [0.3, 0.4) is 0 Å². The van der Waals surface area contributed by atoms with Gasteiger partial charge in [0.25, 0.3) is 0 Å². The van der Waals surface area contributed by atoms with Crippen molar-refractivity contribution in [1.82, 2.24) is 15.5 Å². The predicted octanol–water partition coefficient (Wildman–Crippen LogP) is 2.01. The predicted molar refractivity (Wildman–Crippen MR) is 170 cm³/mol. The molecule has 1 aliphatic heterocycles. The third kappa shape index (κ3) is 11.2. The van der Waals surface area contributed by atoms with Crippen LogP contribution in [0.4, 0.5) is 0 Å². The molecule has 1 aromatic carbocycles. The molecule has 11 heteroatoms. The lowest BCUT2D eigenvalue weighted by Gasteiger charge is -2.30. The van der Waals surface area contributed by atoms with Gasteiger partial charge < -0.3 is 31.1 Å². The summed E-state index contributed by atoms with van der Waals surface area (Å²) in [5, 5.41) is 16.0. The van der Waals surface area contributed by atoms with Crippen molar-refractivity contribution in [2.45, 2.75) is 117 Å². The topological polar surface area (TPSA) is 170 Å². The van der Waals surface area contributed by atoms with Gasteiger partial charge in [0.2, 0.25) is 17.7 Å². The number of likely N-dealkylation sites (tertiary alicyclic amines) is 1. The molecule has 45 heavy (non-hydrogen) atoms. The van der Waals surface area contributed by atoms with Crippen LogP contribution < -0.4 is 16.4 Å². The molecule has 0 radical (unpaired) electrons. The number of esters is 1. The molecule has 0 aromatic heterocycles. The van der Waals surface area contributed by atoms with Gasteiger partial charge in [0.1, 0.15) is 30.8 Å². The Labute approximate surface area is 268 Å². The Bertz CT molecular complexity index is 1140. The number of nitrogens with zero attached hydrogens (tertiary/aromatic N) is 1. The first-order chi connectivity index (χ1) is 21.2. The van der Waals surface area contributed by atoms with Crippen molar-refractivity contribution in [3.05, 3.63) is 35.9 Å². The normalized spacial score (nSPS) is 18.9. The zero-order valence-electron chi connectivity index (χ0n) is 28.1. The Morgan fingerprint density at radius 1 is 1.02 bits per heavy atom. The van der Waals surface area contributed by atoms with Gasteiger partial charge in [-0.1, -0.05) is 71.9 Å². The van der Waals surface area contributed by atoms with Gasteiger partial charge in [-0.2, -0.15) is 0 Å². The van der Waals surface area contributed by atoms with E-state index in [4.69, 9.17) is 4.74 Å². The molecule has 1 unspecified atom stereocenters. The number of quaternary nitrogens is 1. The van der Waals surface area contributed by atoms with Gasteiger partial charge in [-0.05, 0) is 50.0 Å². The molecular weight excluding hydrogens is 576 g/mol. The molecule has 1 aliphatic rings. The van der Waals surface area contributed by atoms with E-state index in [2.05, 4.69) is 16.4 Å². The van der Waals surface area contributed by atoms with Gasteiger partial charge in [0.15, 0.2) is 5.78 Å². The Morgan fingerprint density at radius 2 is 1.67 bits per heavy atom. The maximum absolute atomic E-state index is 13.7. The van der Waals surface area contributed by atoms with Crippen molar-refractivity contribution in [2.24, 2.45) is 23.7 Å². The van der Waals surface area contributed by atoms with E-state index < -0.39 is 53.7 Å². The number of amides is 3. The Morgan fingerprint density at radius 3 is 2.24 bits per heavy atom. The number of nitrogens with one attached hydrogen (secondary N) is 2. The fourth-order valence-electron chi connectivity index (χ4n) is 5.51. The zero-order chi connectivity index (χ0) is 33.8. The average molecular weight is 632 g/mol. The van der Waals surface area contributed by atoms with Crippen LogP contribution in [-0.2, 0) is 35.3 Å². The summed E-state index contributed by atoms with van der Waals surface area (Å²) in [5.74, 6) is -3.80. The highest BCUT2D eigenvalue weighted by Gasteiger charge is 2.40. The Balaban J connectivity index is 2.09. The third-order valence-corrected chi connectivity index (χ3v) is 8.73. The van der Waals surface area contributed by atoms with E-state index in [0.717, 1.165) is 12.0 Å². The first-order valence-corrected chi connectivity index (χ1v) is 16.3. The summed E-state index contributed by atoms with van der Waals surface area (Å²) in [6, 6.07) is 6.31. The van der Waals surface area contributed by atoms with Gasteiger partial charge in [-0.15, -0.1) is 0 Å². The van der Waals surface area contributed by atoms with Crippen LogP contribution in [0.1, 0.15) is 86.1 Å². The molecule has 3 amide bonds. The van der Waals surface area contributed by atoms with Crippen molar-refractivity contribution in [1.29, 1.82) is 0 Å². The van der Waals surface area contributed by atoms with Crippen molar-refractivity contribution >= 4 is 29.5 Å². The second-order valence-electron chi connectivity index (χ2n) is 13.2. The summed E-state index contributed by atoms with van der Waals surface area (Å²) >= 11 is 0. The molecule has 11 nitrogen and oxygen atoms in total. The third-order valence-electron chi connectivity index (χ3n) is 8.73. The van der Waals surface area contributed by atoms with Crippen LogP contribution in [-0.4, -0.2) is 76.3 Å². The van der Waals surface area contributed by atoms with Gasteiger partial charge in [-0.25, -0.2) is 4.79 Å². The SMILES string of the molecule is CC[C@H](C)[C@@H]([NH3+])[C@@H](O)CC(=O)N[C@H](C(=O)C(C)C(=O)N[C@@H](CC(C)C)C(=O)N1CCC[C@H]1C(=O)OCc1ccccc1)C(C)C. The number of benzene rings is 1. The van der Waals surface area contributed by atoms with Crippen LogP contribution in [0.2, 0.25) is 0 Å². The lowest BCUT2D eigenvalue weighted by Crippen LogP contribution is -2.69. The van der Waals surface area contributed by atoms with E-state index in [1.54, 1.807) is 13.8 Å². The van der Waals surface area contributed by atoms with Gasteiger partial charge in [0, 0.05) is 12.5 Å². The van der Waals surface area contributed by atoms with E-state index in [9.17, 15) is 29.1 Å². The number of rotatable bonds is 17. The molecule has 7 atom stereocenters. The molecule has 0 spiro atoms. The van der Waals surface area contributed by atoms with E-state index in [1.165, 1.54) is 11.8 Å². The van der Waals surface area contributed by atoms with Gasteiger partial charge in [-0.3, -0.25) is 19.2 Å². The maximum atomic E-state index is 13.7. The lowest BCUT2D eigenvalue weighted by atomic mass is 9.90. The van der Waals surface area contributed by atoms with Crippen LogP contribution in [0.25, 0.3) is 0 Å². The molecular formula is C34H55N4O7+. The fourth-order valence-corrected chi connectivity index (χ4v) is 5.51. The summed E-state index contributed by atoms with van der Waals surface area (Å²) in [4.78, 5) is 67.9. The van der Waals surface area contributed by atoms with Crippen LogP contribution in [0.5, 0.6) is 0 Å². The van der Waals surface area contributed by atoms with Gasteiger partial charge in [0.05, 0.1) is 18.4 Å². The monoisotopic (exact) mass is 631 g/mol. The zero-order valence-corrected chi connectivity index (χ0v) is 28.1. The number of hydrogen-bond donors (Lipinski definition) is 4. The van der Waals surface area contributed by atoms with Crippen molar-refractivity contribution in [3.8, 4) is 0 Å². The minimum absolute atomic E-state index is 0.0396. The fraction of sp³-hybridized carbons (Fsp3) is 0.676. The summed E-state index contributed by atoms with van der Waals surface area (Å²) in [7, 11) is 0. The molecule has 6 N–H and O–H groups in total. The van der Waals surface area contributed by atoms with Crippen molar-refractivity contribution in [2.75, 3.05) is 6.54 Å². The van der Waals surface area contributed by atoms with E-state index >= 15 is 0 Å². The van der Waals surface area contributed by atoms with E-state index in [0.29, 0.717) is 25.8 Å². The van der Waals surface area contributed by atoms with Crippen molar-refractivity contribution in [3.63, 3.8) is 0 Å². The quantitative estimate of drug-likeness (QED) is 0.151. The average Bonchev–Trinajstić information content (AvgIpc) is 3.50. The minimum atomic E-state index is -1.16. The number of Topliss-reactive ketones (excluding diaryl/α,β-unsaturated/α-hetero) is 1. The molecule has 252 valence electrons. The highest BCUT2D eigenvalue weighted by molar-refractivity contribution is 6.05. The Hall–Kier alpha value is -3.31. The standard InChI is InChI=1S/C34H54N4O7/c1-8-22(6)29(35)27(39)18-28(40)37-30(21(4)5)31(41)23(7)32(42)36-25(17-20(2)3)33(43)38-16-12-15-26(38)34(44)45-19-24-13-10-9-11-14-24/h9-11,13-14,20-23,25-27,29-30,39H,8,12,15-19,35H2,1-7H3,(H,36,42)(H,37,40)/p+1/t22-,23?,25-,26-,27-,29+,30-/m0/s1. The minimum Gasteiger partial charge on any atom is -0.459 e. The number of carbonyl (C=O) groups is 5. The second-order valence-corrected chi connectivity index (χ2v) is 13.2. The molecule has 1 heterocycles. The first-order valence-electron chi connectivity index (χ1n) is 16.3. The molecule has 1 fully saturated rings. The number of ketones is 1. The van der Waals surface area contributed by atoms with Crippen molar-refractivity contribution < 1.29 is 39.5 Å². The number of carbonyl (C=O) groups excluding carboxylic acids is 5. The summed E-state index contributed by atoms with van der Waals surface area (Å²) in [6.45, 7) is 13.2. The largest absolute Gasteiger partial charge is 0.459 e. The van der Waals surface area contributed by atoms with Crippen LogP contribution in [0.15, 0.2) is 30.3 Å². The molecule has 1 saturated heterocycles. The smallest absolute Gasteiger partial charge is 0.329 e. The van der Waals surface area contributed by atoms with E-state index in [-0.39, 0.29) is 42.7 Å². The van der Waals surface area contributed by atoms with Crippen LogP contribution >= 0.6 is 0 Å². The number of ether oxygens (including phenoxy) is 1.